The number of thiophene rings is 1. The van der Waals surface area contributed by atoms with Crippen LogP contribution in [0.1, 0.15) is 41.5 Å². The summed E-state index contributed by atoms with van der Waals surface area (Å²) in [5.41, 5.74) is 1.77. The van der Waals surface area contributed by atoms with Crippen molar-refractivity contribution in [2.24, 2.45) is 5.92 Å². The first-order chi connectivity index (χ1) is 11.2. The van der Waals surface area contributed by atoms with Crippen LogP contribution < -0.4 is 5.32 Å². The number of amides is 1. The van der Waals surface area contributed by atoms with Gasteiger partial charge in [-0.1, -0.05) is 13.3 Å². The molecule has 0 aromatic carbocycles. The molecule has 2 aromatic rings. The third-order valence-electron chi connectivity index (χ3n) is 4.24. The molecule has 0 unspecified atom stereocenters. The van der Waals surface area contributed by atoms with E-state index in [-0.39, 0.29) is 5.91 Å². The molecule has 2 heterocycles. The van der Waals surface area contributed by atoms with Gasteiger partial charge < -0.3 is 9.73 Å². The van der Waals surface area contributed by atoms with E-state index in [1.54, 1.807) is 35.8 Å². The fourth-order valence-corrected chi connectivity index (χ4v) is 4.22. The number of fused-ring (bicyclic) bond motifs is 1. The molecule has 0 fully saturated rings. The number of nitriles is 1. The number of nitrogens with zero attached hydrogens (tertiary/aromatic N) is 1. The van der Waals surface area contributed by atoms with Crippen molar-refractivity contribution in [3.63, 3.8) is 0 Å². The Morgan fingerprint density at radius 2 is 2.48 bits per heavy atom. The Kier molecular flexibility index (Phi) is 4.63. The number of carbonyl (C=O) groups excluding carboxylic acids is 1. The van der Waals surface area contributed by atoms with Crippen molar-refractivity contribution in [3.05, 3.63) is 46.2 Å². The van der Waals surface area contributed by atoms with E-state index in [1.807, 2.05) is 0 Å². The van der Waals surface area contributed by atoms with Gasteiger partial charge in [-0.3, -0.25) is 4.79 Å². The van der Waals surface area contributed by atoms with Crippen LogP contribution in [-0.2, 0) is 17.6 Å². The minimum absolute atomic E-state index is 0.247. The Morgan fingerprint density at radius 1 is 1.61 bits per heavy atom. The lowest BCUT2D eigenvalue weighted by molar-refractivity contribution is -0.111. The maximum atomic E-state index is 12.1. The maximum Gasteiger partial charge on any atom is 0.249 e. The smallest absolute Gasteiger partial charge is 0.249 e. The predicted octanol–water partition coefficient (Wildman–Crippen LogP) is 4.38. The number of nitrogens with one attached hydrogen (secondary N) is 1. The zero-order chi connectivity index (χ0) is 16.2. The fraction of sp³-hybridized carbons (Fsp3) is 0.333. The second-order valence-electron chi connectivity index (χ2n) is 5.67. The lowest BCUT2D eigenvalue weighted by atomic mass is 9.86. The molecule has 0 saturated carbocycles. The number of furan rings is 1. The molecular formula is C18H18N2O2S. The molecule has 5 heteroatoms. The van der Waals surface area contributed by atoms with Crippen molar-refractivity contribution in [2.75, 3.05) is 5.32 Å². The van der Waals surface area contributed by atoms with Crippen molar-refractivity contribution in [1.29, 1.82) is 5.26 Å². The average Bonchev–Trinajstić information content (AvgIpc) is 3.19. The maximum absolute atomic E-state index is 12.1. The van der Waals surface area contributed by atoms with Crippen molar-refractivity contribution in [3.8, 4) is 6.07 Å². The molecule has 1 N–H and O–H groups in total. The van der Waals surface area contributed by atoms with Crippen LogP contribution in [0, 0.1) is 17.2 Å². The standard InChI is InChI=1S/C18H18N2O2S/c1-2-12-5-7-14-15(11-19)18(23-16(14)10-12)20-17(21)8-6-13-4-3-9-22-13/h3-4,6,8-9,12H,2,5,7,10H2,1H3,(H,20,21)/b8-6+/t12-/m1/s1. The highest BCUT2D eigenvalue weighted by molar-refractivity contribution is 7.16. The molecule has 1 aliphatic carbocycles. The summed E-state index contributed by atoms with van der Waals surface area (Å²) >= 11 is 1.55. The summed E-state index contributed by atoms with van der Waals surface area (Å²) in [4.78, 5) is 13.3. The highest BCUT2D eigenvalue weighted by Gasteiger charge is 2.25. The van der Waals surface area contributed by atoms with E-state index >= 15 is 0 Å². The van der Waals surface area contributed by atoms with Crippen molar-refractivity contribution < 1.29 is 9.21 Å². The van der Waals surface area contributed by atoms with Gasteiger partial charge in [0.2, 0.25) is 5.91 Å². The van der Waals surface area contributed by atoms with Gasteiger partial charge in [-0.2, -0.15) is 5.26 Å². The minimum Gasteiger partial charge on any atom is -0.465 e. The molecule has 1 aliphatic rings. The summed E-state index contributed by atoms with van der Waals surface area (Å²) in [6, 6.07) is 5.81. The van der Waals surface area contributed by atoms with E-state index in [4.69, 9.17) is 4.42 Å². The van der Waals surface area contributed by atoms with Gasteiger partial charge in [0.15, 0.2) is 0 Å². The van der Waals surface area contributed by atoms with Crippen LogP contribution in [0.5, 0.6) is 0 Å². The topological polar surface area (TPSA) is 66.0 Å². The van der Waals surface area contributed by atoms with Gasteiger partial charge in [-0.25, -0.2) is 0 Å². The van der Waals surface area contributed by atoms with E-state index in [2.05, 4.69) is 18.3 Å². The van der Waals surface area contributed by atoms with Crippen LogP contribution >= 0.6 is 11.3 Å². The number of rotatable bonds is 4. The van der Waals surface area contributed by atoms with Crippen LogP contribution in [0.2, 0.25) is 0 Å². The van der Waals surface area contributed by atoms with Crippen molar-refractivity contribution in [2.45, 2.75) is 32.6 Å². The third-order valence-corrected chi connectivity index (χ3v) is 5.41. The van der Waals surface area contributed by atoms with Gasteiger partial charge in [-0.15, -0.1) is 11.3 Å². The summed E-state index contributed by atoms with van der Waals surface area (Å²) in [5, 5.41) is 13.0. The molecular weight excluding hydrogens is 308 g/mol. The van der Waals surface area contributed by atoms with Crippen LogP contribution in [-0.4, -0.2) is 5.91 Å². The number of hydrogen-bond acceptors (Lipinski definition) is 4. The second-order valence-corrected chi connectivity index (χ2v) is 6.78. The quantitative estimate of drug-likeness (QED) is 0.848. The fourth-order valence-electron chi connectivity index (χ4n) is 2.91. The van der Waals surface area contributed by atoms with Crippen molar-refractivity contribution in [1.82, 2.24) is 0 Å². The number of anilines is 1. The summed E-state index contributed by atoms with van der Waals surface area (Å²) in [6.07, 6.45) is 8.83. The molecule has 23 heavy (non-hydrogen) atoms. The summed E-state index contributed by atoms with van der Waals surface area (Å²) in [7, 11) is 0. The third kappa shape index (κ3) is 3.38. The largest absolute Gasteiger partial charge is 0.465 e. The second kappa shape index (κ2) is 6.84. The van der Waals surface area contributed by atoms with E-state index in [1.165, 1.54) is 11.0 Å². The lowest BCUT2D eigenvalue weighted by Gasteiger charge is -2.20. The Bertz CT molecular complexity index is 766. The van der Waals surface area contributed by atoms with Crippen molar-refractivity contribution >= 4 is 28.3 Å². The van der Waals surface area contributed by atoms with Crippen LogP contribution in [0.25, 0.3) is 6.08 Å². The van der Waals surface area contributed by atoms with Gasteiger partial charge in [-0.05, 0) is 49.0 Å². The van der Waals surface area contributed by atoms with Gasteiger partial charge in [0.25, 0.3) is 0 Å². The zero-order valence-corrected chi connectivity index (χ0v) is 13.8. The SMILES string of the molecule is CC[C@@H]1CCc2c(sc(NC(=O)/C=C/c3ccco3)c2C#N)C1. The first kappa shape index (κ1) is 15.6. The molecule has 3 rings (SSSR count). The summed E-state index contributed by atoms with van der Waals surface area (Å²) < 4.78 is 5.15. The Hall–Kier alpha value is -2.32. The van der Waals surface area contributed by atoms with Crippen LogP contribution in [0.4, 0.5) is 5.00 Å². The van der Waals surface area contributed by atoms with E-state index < -0.39 is 0 Å². The van der Waals surface area contributed by atoms with Gasteiger partial charge in [0.1, 0.15) is 16.8 Å². The highest BCUT2D eigenvalue weighted by Crippen LogP contribution is 2.39. The molecule has 0 saturated heterocycles. The van der Waals surface area contributed by atoms with Gasteiger partial charge >= 0.3 is 0 Å². The van der Waals surface area contributed by atoms with Crippen LogP contribution in [0.15, 0.2) is 28.9 Å². The predicted molar refractivity (Wildman–Crippen MR) is 91.2 cm³/mol. The molecule has 118 valence electrons. The van der Waals surface area contributed by atoms with Crippen LogP contribution in [0.3, 0.4) is 0 Å². The molecule has 2 aromatic heterocycles. The molecule has 1 amide bonds. The highest BCUT2D eigenvalue weighted by atomic mass is 32.1. The first-order valence-corrected chi connectivity index (χ1v) is 8.60. The Labute approximate surface area is 139 Å². The molecule has 0 radical (unpaired) electrons. The lowest BCUT2D eigenvalue weighted by Crippen LogP contribution is -2.12. The van der Waals surface area contributed by atoms with Gasteiger partial charge in [0, 0.05) is 11.0 Å². The average molecular weight is 326 g/mol. The molecule has 0 spiro atoms. The Morgan fingerprint density at radius 3 is 3.17 bits per heavy atom. The first-order valence-electron chi connectivity index (χ1n) is 7.78. The summed E-state index contributed by atoms with van der Waals surface area (Å²) in [6.45, 7) is 2.20. The summed E-state index contributed by atoms with van der Waals surface area (Å²) in [5.74, 6) is 1.07. The van der Waals surface area contributed by atoms with Gasteiger partial charge in [0.05, 0.1) is 11.8 Å². The number of hydrogen-bond donors (Lipinski definition) is 1. The monoisotopic (exact) mass is 326 g/mol. The molecule has 1 atom stereocenters. The molecule has 0 bridgehead atoms. The zero-order valence-electron chi connectivity index (χ0n) is 13.0. The normalized spacial score (nSPS) is 17.0. The van der Waals surface area contributed by atoms with E-state index in [9.17, 15) is 10.1 Å². The van der Waals surface area contributed by atoms with E-state index in [0.717, 1.165) is 31.2 Å². The number of carbonyl (C=O) groups is 1. The molecule has 4 nitrogen and oxygen atoms in total. The Balaban J connectivity index is 1.77. The minimum atomic E-state index is -0.247. The molecule has 0 aliphatic heterocycles. The van der Waals surface area contributed by atoms with E-state index in [0.29, 0.717) is 22.2 Å².